The van der Waals surface area contributed by atoms with E-state index in [4.69, 9.17) is 4.74 Å². The molecule has 0 radical (unpaired) electrons. The standard InChI is InChI=1S/C20H20BrN3O2/c1-12-6-13(2)20(14(3)7-12)26-11-19(25)24-23-9-15-4-5-16-17(21)10-22-18(16)8-15/h4-10,22H,11H2,1-3H3,(H,24,25)/b23-9+. The van der Waals surface area contributed by atoms with Crippen molar-refractivity contribution in [1.82, 2.24) is 10.4 Å². The lowest BCUT2D eigenvalue weighted by Crippen LogP contribution is -2.25. The number of H-pyrrole nitrogens is 1. The van der Waals surface area contributed by atoms with E-state index in [1.165, 1.54) is 5.56 Å². The van der Waals surface area contributed by atoms with Crippen molar-refractivity contribution < 1.29 is 9.53 Å². The number of ether oxygens (including phenoxy) is 1. The molecule has 2 aromatic carbocycles. The largest absolute Gasteiger partial charge is 0.483 e. The zero-order valence-corrected chi connectivity index (χ0v) is 16.5. The summed E-state index contributed by atoms with van der Waals surface area (Å²) in [5.41, 5.74) is 7.59. The Hall–Kier alpha value is -2.60. The van der Waals surface area contributed by atoms with Gasteiger partial charge >= 0.3 is 0 Å². The zero-order chi connectivity index (χ0) is 18.7. The number of hydrazone groups is 1. The maximum absolute atomic E-state index is 11.9. The number of aryl methyl sites for hydroxylation is 3. The molecule has 0 aliphatic carbocycles. The predicted octanol–water partition coefficient (Wildman–Crippen LogP) is 4.38. The van der Waals surface area contributed by atoms with Gasteiger partial charge in [0.05, 0.1) is 6.21 Å². The van der Waals surface area contributed by atoms with Crippen LogP contribution in [0.25, 0.3) is 10.9 Å². The number of aromatic amines is 1. The topological polar surface area (TPSA) is 66.5 Å². The van der Waals surface area contributed by atoms with E-state index in [1.54, 1.807) is 6.21 Å². The third-order valence-corrected chi connectivity index (χ3v) is 4.67. The van der Waals surface area contributed by atoms with Gasteiger partial charge in [0.25, 0.3) is 5.91 Å². The molecule has 0 atom stereocenters. The van der Waals surface area contributed by atoms with E-state index in [-0.39, 0.29) is 12.5 Å². The summed E-state index contributed by atoms with van der Waals surface area (Å²) >= 11 is 3.48. The van der Waals surface area contributed by atoms with Crippen molar-refractivity contribution in [2.24, 2.45) is 5.10 Å². The highest BCUT2D eigenvalue weighted by Gasteiger charge is 2.08. The number of rotatable bonds is 5. The van der Waals surface area contributed by atoms with E-state index in [9.17, 15) is 4.79 Å². The minimum Gasteiger partial charge on any atom is -0.483 e. The molecule has 134 valence electrons. The van der Waals surface area contributed by atoms with E-state index >= 15 is 0 Å². The van der Waals surface area contributed by atoms with Crippen molar-refractivity contribution >= 4 is 39.0 Å². The number of amides is 1. The lowest BCUT2D eigenvalue weighted by atomic mass is 10.1. The van der Waals surface area contributed by atoms with E-state index in [0.29, 0.717) is 0 Å². The van der Waals surface area contributed by atoms with Gasteiger partial charge in [-0.3, -0.25) is 4.79 Å². The average molecular weight is 414 g/mol. The molecule has 6 heteroatoms. The molecule has 2 N–H and O–H groups in total. The second kappa shape index (κ2) is 7.74. The van der Waals surface area contributed by atoms with E-state index in [1.807, 2.05) is 57.3 Å². The minimum absolute atomic E-state index is 0.0787. The fraction of sp³-hybridized carbons (Fsp3) is 0.200. The third kappa shape index (κ3) is 4.14. The molecule has 0 spiro atoms. The molecule has 3 rings (SSSR count). The molecule has 1 heterocycles. The van der Waals surface area contributed by atoms with Gasteiger partial charge in [-0.2, -0.15) is 5.10 Å². The van der Waals surface area contributed by atoms with Crippen molar-refractivity contribution in [1.29, 1.82) is 0 Å². The Morgan fingerprint density at radius 1 is 1.23 bits per heavy atom. The monoisotopic (exact) mass is 413 g/mol. The summed E-state index contributed by atoms with van der Waals surface area (Å²) < 4.78 is 6.67. The van der Waals surface area contributed by atoms with Gasteiger partial charge in [0.15, 0.2) is 6.61 Å². The third-order valence-electron chi connectivity index (χ3n) is 4.01. The second-order valence-electron chi connectivity index (χ2n) is 6.25. The van der Waals surface area contributed by atoms with Crippen LogP contribution in [0, 0.1) is 20.8 Å². The zero-order valence-electron chi connectivity index (χ0n) is 14.9. The number of nitrogens with one attached hydrogen (secondary N) is 2. The Labute approximate surface area is 160 Å². The molecule has 1 amide bonds. The Morgan fingerprint density at radius 3 is 2.69 bits per heavy atom. The fourth-order valence-corrected chi connectivity index (χ4v) is 3.39. The summed E-state index contributed by atoms with van der Waals surface area (Å²) in [6.07, 6.45) is 3.49. The first kappa shape index (κ1) is 18.2. The van der Waals surface area contributed by atoms with Crippen LogP contribution in [0.15, 0.2) is 46.1 Å². The molecule has 0 unspecified atom stereocenters. The van der Waals surface area contributed by atoms with Crippen LogP contribution in [-0.2, 0) is 4.79 Å². The first-order valence-electron chi connectivity index (χ1n) is 8.23. The lowest BCUT2D eigenvalue weighted by Gasteiger charge is -2.12. The van der Waals surface area contributed by atoms with Gasteiger partial charge in [0, 0.05) is 21.6 Å². The summed E-state index contributed by atoms with van der Waals surface area (Å²) in [5.74, 6) is 0.446. The number of hydrogen-bond donors (Lipinski definition) is 2. The molecule has 1 aromatic heterocycles. The molecule has 26 heavy (non-hydrogen) atoms. The van der Waals surface area contributed by atoms with Crippen LogP contribution >= 0.6 is 15.9 Å². The Bertz CT molecular complexity index is 969. The quantitative estimate of drug-likeness (QED) is 0.481. The molecule has 3 aromatic rings. The summed E-state index contributed by atoms with van der Waals surface area (Å²) in [6.45, 7) is 5.90. The number of hydrogen-bond acceptors (Lipinski definition) is 3. The van der Waals surface area contributed by atoms with Crippen LogP contribution in [-0.4, -0.2) is 23.7 Å². The van der Waals surface area contributed by atoms with E-state index in [2.05, 4.69) is 31.4 Å². The first-order valence-corrected chi connectivity index (χ1v) is 9.02. The summed E-state index contributed by atoms with van der Waals surface area (Å²) in [7, 11) is 0. The van der Waals surface area contributed by atoms with E-state index < -0.39 is 0 Å². The summed E-state index contributed by atoms with van der Waals surface area (Å²) in [5, 5.41) is 5.10. The number of benzene rings is 2. The SMILES string of the molecule is Cc1cc(C)c(OCC(=O)N/N=C/c2ccc3c(Br)c[nH]c3c2)c(C)c1. The van der Waals surface area contributed by atoms with Crippen LogP contribution in [0.2, 0.25) is 0 Å². The maximum Gasteiger partial charge on any atom is 0.277 e. The molecule has 5 nitrogen and oxygen atoms in total. The van der Waals surface area contributed by atoms with Crippen LogP contribution in [0.1, 0.15) is 22.3 Å². The van der Waals surface area contributed by atoms with Crippen LogP contribution in [0.4, 0.5) is 0 Å². The number of carbonyl (C=O) groups is 1. The highest BCUT2D eigenvalue weighted by Crippen LogP contribution is 2.25. The van der Waals surface area contributed by atoms with Gasteiger partial charge in [-0.25, -0.2) is 5.43 Å². The number of fused-ring (bicyclic) bond motifs is 1. The number of carbonyl (C=O) groups excluding carboxylic acids is 1. The van der Waals surface area contributed by atoms with Gasteiger partial charge in [0.2, 0.25) is 0 Å². The molecular weight excluding hydrogens is 394 g/mol. The smallest absolute Gasteiger partial charge is 0.277 e. The van der Waals surface area contributed by atoms with Gasteiger partial charge in [0.1, 0.15) is 5.75 Å². The first-order chi connectivity index (χ1) is 12.4. The molecule has 0 aliphatic heterocycles. The number of nitrogens with zero attached hydrogens (tertiary/aromatic N) is 1. The van der Waals surface area contributed by atoms with Crippen molar-refractivity contribution in [2.75, 3.05) is 6.61 Å². The van der Waals surface area contributed by atoms with Gasteiger partial charge in [-0.1, -0.05) is 29.8 Å². The predicted molar refractivity (Wildman–Crippen MR) is 108 cm³/mol. The van der Waals surface area contributed by atoms with Crippen LogP contribution < -0.4 is 10.2 Å². The molecule has 0 aliphatic rings. The molecule has 0 saturated heterocycles. The highest BCUT2D eigenvalue weighted by atomic mass is 79.9. The van der Waals surface area contributed by atoms with Crippen LogP contribution in [0.5, 0.6) is 5.75 Å². The molecule has 0 saturated carbocycles. The minimum atomic E-state index is -0.302. The lowest BCUT2D eigenvalue weighted by molar-refractivity contribution is -0.123. The van der Waals surface area contributed by atoms with Crippen molar-refractivity contribution in [3.63, 3.8) is 0 Å². The maximum atomic E-state index is 11.9. The van der Waals surface area contributed by atoms with Crippen molar-refractivity contribution in [3.05, 3.63) is 63.3 Å². The second-order valence-corrected chi connectivity index (χ2v) is 7.11. The Kier molecular flexibility index (Phi) is 5.42. The molecule has 0 bridgehead atoms. The number of halogens is 1. The van der Waals surface area contributed by atoms with Gasteiger partial charge in [-0.05, 0) is 59.5 Å². The van der Waals surface area contributed by atoms with Crippen molar-refractivity contribution in [3.8, 4) is 5.75 Å². The Balaban J connectivity index is 1.57. The van der Waals surface area contributed by atoms with Gasteiger partial charge < -0.3 is 9.72 Å². The highest BCUT2D eigenvalue weighted by molar-refractivity contribution is 9.10. The fourth-order valence-electron chi connectivity index (χ4n) is 2.93. The summed E-state index contributed by atoms with van der Waals surface area (Å²) in [6, 6.07) is 9.96. The number of aromatic nitrogens is 1. The molecular formula is C20H20BrN3O2. The Morgan fingerprint density at radius 2 is 1.96 bits per heavy atom. The molecule has 0 fully saturated rings. The van der Waals surface area contributed by atoms with E-state index in [0.717, 1.165) is 37.8 Å². The van der Waals surface area contributed by atoms with Gasteiger partial charge in [-0.15, -0.1) is 0 Å². The average Bonchev–Trinajstić information content (AvgIpc) is 2.94. The normalized spacial score (nSPS) is 11.2. The summed E-state index contributed by atoms with van der Waals surface area (Å²) in [4.78, 5) is 15.1. The van der Waals surface area contributed by atoms with Crippen LogP contribution in [0.3, 0.4) is 0 Å². The van der Waals surface area contributed by atoms with Crippen molar-refractivity contribution in [2.45, 2.75) is 20.8 Å².